The Kier molecular flexibility index (Phi) is 9.34. The predicted molar refractivity (Wildman–Crippen MR) is 161 cm³/mol. The second-order valence-electron chi connectivity index (χ2n) is 10.9. The van der Waals surface area contributed by atoms with E-state index in [1.807, 2.05) is 56.5 Å². The van der Waals surface area contributed by atoms with Crippen molar-refractivity contribution in [2.45, 2.75) is 44.6 Å². The maximum Gasteiger partial charge on any atom is 0.415 e. The Hall–Kier alpha value is -3.49. The zero-order valence-electron chi connectivity index (χ0n) is 23.8. The molecule has 41 heavy (non-hydrogen) atoms. The van der Waals surface area contributed by atoms with Crippen molar-refractivity contribution in [3.05, 3.63) is 87.9 Å². The summed E-state index contributed by atoms with van der Waals surface area (Å²) in [6.07, 6.45) is 2.02. The largest absolute Gasteiger partial charge is 0.478 e. The van der Waals surface area contributed by atoms with Crippen molar-refractivity contribution in [3.8, 4) is 11.5 Å². The van der Waals surface area contributed by atoms with E-state index in [-0.39, 0.29) is 18.2 Å². The number of ether oxygens (including phenoxy) is 2. The molecule has 0 bridgehead atoms. The fraction of sp³-hybridized carbons (Fsp3) is 0.344. The molecule has 1 aliphatic rings. The van der Waals surface area contributed by atoms with Gasteiger partial charge in [0.2, 0.25) is 0 Å². The fourth-order valence-corrected chi connectivity index (χ4v) is 5.62. The summed E-state index contributed by atoms with van der Waals surface area (Å²) in [7, 11) is 0. The Morgan fingerprint density at radius 1 is 1.00 bits per heavy atom. The number of carbonyl (C=O) groups excluding carboxylic acids is 2. The van der Waals surface area contributed by atoms with E-state index in [1.165, 1.54) is 13.8 Å². The van der Waals surface area contributed by atoms with Gasteiger partial charge in [-0.1, -0.05) is 35.9 Å². The number of amides is 1. The first kappa shape index (κ1) is 30.5. The smallest absolute Gasteiger partial charge is 0.415 e. The number of hydrogen-bond donors (Lipinski definition) is 1. The number of hydrogen-bond acceptors (Lipinski definition) is 6. The molecule has 2 unspecified atom stereocenters. The molecule has 216 valence electrons. The van der Waals surface area contributed by atoms with Gasteiger partial charge in [0.15, 0.2) is 11.4 Å². The van der Waals surface area contributed by atoms with E-state index >= 15 is 0 Å². The Morgan fingerprint density at radius 3 is 2.17 bits per heavy atom. The summed E-state index contributed by atoms with van der Waals surface area (Å²) in [4.78, 5) is 41.1. The van der Waals surface area contributed by atoms with Gasteiger partial charge in [0, 0.05) is 34.5 Å². The lowest BCUT2D eigenvalue weighted by Crippen LogP contribution is -2.38. The summed E-state index contributed by atoms with van der Waals surface area (Å²) in [5.41, 5.74) is 1.83. The molecule has 0 saturated carbocycles. The first-order chi connectivity index (χ1) is 19.4. The third-order valence-corrected chi connectivity index (χ3v) is 8.32. The first-order valence-electron chi connectivity index (χ1n) is 13.3. The molecule has 1 fully saturated rings. The molecule has 3 aromatic rings. The number of aliphatic carboxylic acids is 1. The van der Waals surface area contributed by atoms with Crippen LogP contribution in [0.1, 0.15) is 40.9 Å². The van der Waals surface area contributed by atoms with Crippen molar-refractivity contribution in [2.24, 2.45) is 11.8 Å². The average molecular weight is 596 g/mol. The Balaban J connectivity index is 1.59. The van der Waals surface area contributed by atoms with Crippen molar-refractivity contribution in [1.29, 1.82) is 0 Å². The van der Waals surface area contributed by atoms with E-state index in [0.29, 0.717) is 35.1 Å². The van der Waals surface area contributed by atoms with E-state index in [1.54, 1.807) is 40.9 Å². The van der Waals surface area contributed by atoms with Crippen molar-refractivity contribution >= 4 is 41.2 Å². The molecule has 0 aromatic heterocycles. The second-order valence-corrected chi connectivity index (χ2v) is 12.2. The molecule has 1 N–H and O–H groups in total. The van der Waals surface area contributed by atoms with Crippen LogP contribution in [0.25, 0.3) is 0 Å². The van der Waals surface area contributed by atoms with E-state index in [2.05, 4.69) is 0 Å². The van der Waals surface area contributed by atoms with Gasteiger partial charge in [-0.2, -0.15) is 0 Å². The summed E-state index contributed by atoms with van der Waals surface area (Å²) in [5, 5.41) is 10.0. The Morgan fingerprint density at radius 2 is 1.61 bits per heavy atom. The van der Waals surface area contributed by atoms with E-state index in [0.717, 1.165) is 21.6 Å². The highest BCUT2D eigenvalue weighted by Crippen LogP contribution is 2.34. The Bertz CT molecular complexity index is 1410. The van der Waals surface area contributed by atoms with E-state index in [9.17, 15) is 19.5 Å². The number of benzene rings is 3. The van der Waals surface area contributed by atoms with Crippen LogP contribution >= 0.6 is 23.4 Å². The molecule has 2 atom stereocenters. The van der Waals surface area contributed by atoms with Crippen LogP contribution < -0.4 is 9.47 Å². The summed E-state index contributed by atoms with van der Waals surface area (Å²) in [5.74, 6) is -0.728. The predicted octanol–water partition coefficient (Wildman–Crippen LogP) is 7.09. The van der Waals surface area contributed by atoms with E-state index < -0.39 is 23.6 Å². The van der Waals surface area contributed by atoms with Gasteiger partial charge in [-0.25, -0.2) is 9.59 Å². The van der Waals surface area contributed by atoms with Crippen LogP contribution in [0.3, 0.4) is 0 Å². The maximum absolute atomic E-state index is 13.7. The highest BCUT2D eigenvalue weighted by Gasteiger charge is 2.41. The summed E-state index contributed by atoms with van der Waals surface area (Å²) < 4.78 is 11.5. The van der Waals surface area contributed by atoms with Crippen molar-refractivity contribution in [1.82, 2.24) is 4.90 Å². The number of aryl methyl sites for hydroxylation is 2. The quantitative estimate of drug-likeness (QED) is 0.208. The third-order valence-electron chi connectivity index (χ3n) is 7.32. The van der Waals surface area contributed by atoms with E-state index in [4.69, 9.17) is 21.1 Å². The molecule has 1 heterocycles. The third kappa shape index (κ3) is 7.24. The number of Topliss-reactive ketones (excluding diaryl/α,β-unsaturated/α-hetero) is 1. The number of ketones is 1. The number of thioether (sulfide) groups is 1. The number of carboxylic acids is 1. The molecule has 1 saturated heterocycles. The van der Waals surface area contributed by atoms with Crippen LogP contribution in [0.2, 0.25) is 5.02 Å². The summed E-state index contributed by atoms with van der Waals surface area (Å²) in [6.45, 7) is 7.38. The van der Waals surface area contributed by atoms with Crippen LogP contribution in [0.15, 0.2) is 65.6 Å². The van der Waals surface area contributed by atoms with Gasteiger partial charge >= 0.3 is 12.1 Å². The Labute approximate surface area is 249 Å². The molecule has 1 amide bonds. The van der Waals surface area contributed by atoms with Crippen LogP contribution in [0.4, 0.5) is 4.79 Å². The SMILES string of the molecule is CSc1ccc(C(=O)C2CN(C(=O)Oc3ccc(Cl)cc3)CC2Cc2cc(C)c(OC(C)(C)C(=O)O)c(C)c2)cc1. The molecular formula is C32H34ClNO6S. The summed E-state index contributed by atoms with van der Waals surface area (Å²) >= 11 is 7.56. The normalized spacial score (nSPS) is 16.9. The number of carbonyl (C=O) groups is 3. The van der Waals surface area contributed by atoms with Crippen LogP contribution in [0.5, 0.6) is 11.5 Å². The van der Waals surface area contributed by atoms with Crippen LogP contribution in [-0.4, -0.2) is 52.8 Å². The highest BCUT2D eigenvalue weighted by molar-refractivity contribution is 7.98. The van der Waals surface area contributed by atoms with Crippen molar-refractivity contribution < 1.29 is 29.0 Å². The minimum Gasteiger partial charge on any atom is -0.478 e. The van der Waals surface area contributed by atoms with Crippen molar-refractivity contribution in [2.75, 3.05) is 19.3 Å². The summed E-state index contributed by atoms with van der Waals surface area (Å²) in [6, 6.07) is 18.0. The molecular weight excluding hydrogens is 562 g/mol. The second kappa shape index (κ2) is 12.6. The fourth-order valence-electron chi connectivity index (χ4n) is 5.08. The number of likely N-dealkylation sites (tertiary alicyclic amines) is 1. The van der Waals surface area contributed by atoms with Crippen LogP contribution in [0, 0.1) is 25.7 Å². The molecule has 0 radical (unpaired) electrons. The molecule has 0 spiro atoms. The van der Waals surface area contributed by atoms with Gasteiger partial charge in [0.05, 0.1) is 0 Å². The van der Waals surface area contributed by atoms with Crippen molar-refractivity contribution in [3.63, 3.8) is 0 Å². The molecule has 9 heteroatoms. The minimum atomic E-state index is -1.38. The number of halogens is 1. The first-order valence-corrected chi connectivity index (χ1v) is 14.9. The minimum absolute atomic E-state index is 0.0129. The molecule has 3 aromatic carbocycles. The van der Waals surface area contributed by atoms with Gasteiger partial charge in [0.25, 0.3) is 0 Å². The zero-order chi connectivity index (χ0) is 29.9. The van der Waals surface area contributed by atoms with Gasteiger partial charge in [0.1, 0.15) is 11.5 Å². The molecule has 1 aliphatic heterocycles. The van der Waals surface area contributed by atoms with Gasteiger partial charge in [-0.15, -0.1) is 11.8 Å². The monoisotopic (exact) mass is 595 g/mol. The van der Waals surface area contributed by atoms with Gasteiger partial charge in [-0.3, -0.25) is 4.79 Å². The lowest BCUT2D eigenvalue weighted by molar-refractivity contribution is -0.152. The van der Waals surface area contributed by atoms with Gasteiger partial charge in [-0.05, 0) is 99.4 Å². The molecule has 4 rings (SSSR count). The topological polar surface area (TPSA) is 93.1 Å². The van der Waals surface area contributed by atoms with Gasteiger partial charge < -0.3 is 19.5 Å². The lowest BCUT2D eigenvalue weighted by atomic mass is 9.84. The standard InChI is InChI=1S/C32H34ClNO6S/c1-19-14-21(15-20(2)29(19)40-32(3,4)30(36)37)16-23-17-34(31(38)39-25-10-8-24(33)9-11-25)18-27(23)28(35)22-6-12-26(41-5)13-7-22/h6-15,23,27H,16-18H2,1-5H3,(H,36,37). The highest BCUT2D eigenvalue weighted by atomic mass is 35.5. The number of rotatable bonds is 9. The number of carboxylic acid groups (broad SMARTS) is 1. The lowest BCUT2D eigenvalue weighted by Gasteiger charge is -2.25. The average Bonchev–Trinajstić information content (AvgIpc) is 3.35. The number of nitrogens with zero attached hydrogens (tertiary/aromatic N) is 1. The maximum atomic E-state index is 13.7. The molecule has 7 nitrogen and oxygen atoms in total. The van der Waals surface area contributed by atoms with Crippen LogP contribution in [-0.2, 0) is 11.2 Å². The molecule has 0 aliphatic carbocycles. The zero-order valence-corrected chi connectivity index (χ0v) is 25.3.